The van der Waals surface area contributed by atoms with Crippen molar-refractivity contribution < 1.29 is 13.2 Å². The van der Waals surface area contributed by atoms with Crippen LogP contribution in [-0.2, 0) is 27.1 Å². The molecule has 3 aliphatic rings. The second-order valence-electron chi connectivity index (χ2n) is 9.92. The molecule has 2 bridgehead atoms. The number of hydrogen-bond donors (Lipinski definition) is 1. The number of piperidine rings is 2. The van der Waals surface area contributed by atoms with Crippen LogP contribution in [0.3, 0.4) is 0 Å². The number of carbonyl (C=O) groups excluding carboxylic acids is 1. The summed E-state index contributed by atoms with van der Waals surface area (Å²) in [5.41, 5.74) is 1.54. The minimum Gasteiger partial charge on any atom is -0.343 e. The van der Waals surface area contributed by atoms with Crippen molar-refractivity contribution in [1.29, 1.82) is 0 Å². The molecule has 1 amide bonds. The first-order valence-electron chi connectivity index (χ1n) is 12.1. The summed E-state index contributed by atoms with van der Waals surface area (Å²) in [5.74, 6) is 0.613. The summed E-state index contributed by atoms with van der Waals surface area (Å²) in [6, 6.07) is 13.0. The van der Waals surface area contributed by atoms with Gasteiger partial charge in [0, 0.05) is 57.3 Å². The van der Waals surface area contributed by atoms with Crippen LogP contribution in [-0.4, -0.2) is 60.9 Å². The Morgan fingerprint density at radius 1 is 1.03 bits per heavy atom. The van der Waals surface area contributed by atoms with Crippen molar-refractivity contribution in [2.24, 2.45) is 5.92 Å². The van der Waals surface area contributed by atoms with Crippen molar-refractivity contribution in [2.75, 3.05) is 30.9 Å². The molecule has 0 saturated carbocycles. The lowest BCUT2D eigenvalue weighted by atomic mass is 9.82. The van der Waals surface area contributed by atoms with Gasteiger partial charge >= 0.3 is 0 Å². The first-order valence-corrected chi connectivity index (χ1v) is 13.7. The van der Waals surface area contributed by atoms with Gasteiger partial charge in [0.15, 0.2) is 0 Å². The predicted molar refractivity (Wildman–Crippen MR) is 131 cm³/mol. The molecule has 0 aliphatic carbocycles. The Bertz CT molecular complexity index is 1220. The van der Waals surface area contributed by atoms with Gasteiger partial charge in [0.05, 0.1) is 5.75 Å². The Hall–Kier alpha value is -2.65. The molecule has 1 aromatic heterocycles. The van der Waals surface area contributed by atoms with Crippen LogP contribution in [0.2, 0.25) is 0 Å². The highest BCUT2D eigenvalue weighted by Gasteiger charge is 2.38. The smallest absolute Gasteiger partial charge is 0.275 e. The van der Waals surface area contributed by atoms with E-state index in [-0.39, 0.29) is 28.8 Å². The van der Waals surface area contributed by atoms with Crippen LogP contribution in [0.25, 0.3) is 0 Å². The number of aromatic nitrogens is 1. The van der Waals surface area contributed by atoms with Crippen molar-refractivity contribution in [3.63, 3.8) is 0 Å². The predicted octanol–water partition coefficient (Wildman–Crippen LogP) is 2.22. The number of nitrogens with one attached hydrogen (secondary N) is 1. The first kappa shape index (κ1) is 23.1. The number of rotatable bonds is 5. The minimum absolute atomic E-state index is 0.119. The lowest BCUT2D eigenvalue weighted by Gasteiger charge is -2.47. The van der Waals surface area contributed by atoms with Gasteiger partial charge in [-0.15, -0.1) is 0 Å². The third kappa shape index (κ3) is 4.77. The molecule has 2 atom stereocenters. The summed E-state index contributed by atoms with van der Waals surface area (Å²) >= 11 is 0. The van der Waals surface area contributed by atoms with Gasteiger partial charge in [-0.25, -0.2) is 8.42 Å². The fraction of sp³-hybridized carbons (Fsp3) is 0.520. The molecule has 9 heteroatoms. The van der Waals surface area contributed by atoms with Gasteiger partial charge < -0.3 is 9.47 Å². The summed E-state index contributed by atoms with van der Waals surface area (Å²) in [6.45, 7) is 5.72. The van der Waals surface area contributed by atoms with Crippen LogP contribution in [0.5, 0.6) is 0 Å². The third-order valence-electron chi connectivity index (χ3n) is 7.52. The maximum Gasteiger partial charge on any atom is 0.275 e. The second kappa shape index (κ2) is 9.19. The van der Waals surface area contributed by atoms with Gasteiger partial charge in [0.1, 0.15) is 5.69 Å². The van der Waals surface area contributed by atoms with E-state index < -0.39 is 10.0 Å². The number of pyridine rings is 1. The summed E-state index contributed by atoms with van der Waals surface area (Å²) < 4.78 is 29.7. The molecule has 1 N–H and O–H groups in total. The van der Waals surface area contributed by atoms with Crippen LogP contribution >= 0.6 is 0 Å². The fourth-order valence-corrected chi connectivity index (χ4v) is 7.10. The maximum absolute atomic E-state index is 13.2. The molecule has 4 heterocycles. The molecule has 8 nitrogen and oxygen atoms in total. The molecular weight excluding hydrogens is 452 g/mol. The van der Waals surface area contributed by atoms with E-state index in [1.165, 1.54) is 0 Å². The summed E-state index contributed by atoms with van der Waals surface area (Å²) in [5, 5.41) is 0. The monoisotopic (exact) mass is 484 g/mol. The zero-order valence-electron chi connectivity index (χ0n) is 19.5. The number of amides is 1. The first-order chi connectivity index (χ1) is 16.3. The highest BCUT2D eigenvalue weighted by atomic mass is 32.2. The summed E-state index contributed by atoms with van der Waals surface area (Å²) in [7, 11) is -3.69. The third-order valence-corrected chi connectivity index (χ3v) is 8.77. The van der Waals surface area contributed by atoms with Crippen LogP contribution in [0.15, 0.2) is 47.3 Å². The number of carbonyl (C=O) groups is 1. The number of hydrogen-bond acceptors (Lipinski definition) is 5. The fourth-order valence-electron chi connectivity index (χ4n) is 5.90. The Balaban J connectivity index is 1.30. The number of sulfonamides is 1. The quantitative estimate of drug-likeness (QED) is 0.703. The minimum atomic E-state index is -3.69. The van der Waals surface area contributed by atoms with E-state index in [2.05, 4.69) is 9.62 Å². The number of nitrogens with zero attached hydrogens (tertiary/aromatic N) is 3. The lowest BCUT2D eigenvalue weighted by molar-refractivity contribution is -0.130. The Morgan fingerprint density at radius 2 is 1.76 bits per heavy atom. The molecule has 3 aliphatic heterocycles. The normalized spacial score (nSPS) is 23.4. The molecule has 5 rings (SSSR count). The number of anilines is 1. The molecule has 182 valence electrons. The molecule has 2 aromatic rings. The highest BCUT2D eigenvalue weighted by molar-refractivity contribution is 7.91. The molecule has 0 radical (unpaired) electrons. The Labute approximate surface area is 200 Å². The lowest BCUT2D eigenvalue weighted by Crippen LogP contribution is -2.53. The molecule has 0 spiro atoms. The standard InChI is InChI=1S/C25H32N4O4S/c1-18(30)27-11-9-22(10-12-27)28-14-20-13-21(16-28)24-8-7-23(25(31)29(24)15-20)26-34(32,33)17-19-5-3-2-4-6-19/h2-8,20-22,26H,9-17H2,1H3. The molecule has 2 unspecified atom stereocenters. The zero-order valence-corrected chi connectivity index (χ0v) is 20.3. The Morgan fingerprint density at radius 3 is 2.47 bits per heavy atom. The maximum atomic E-state index is 13.2. The zero-order chi connectivity index (χ0) is 23.9. The average molecular weight is 485 g/mol. The number of likely N-dealkylation sites (tertiary alicyclic amines) is 2. The Kier molecular flexibility index (Phi) is 6.24. The van der Waals surface area contributed by atoms with Crippen molar-refractivity contribution in [1.82, 2.24) is 14.4 Å². The average Bonchev–Trinajstić information content (AvgIpc) is 2.81. The van der Waals surface area contributed by atoms with E-state index in [1.54, 1.807) is 41.8 Å². The van der Waals surface area contributed by atoms with E-state index in [0.717, 1.165) is 51.1 Å². The molecule has 34 heavy (non-hydrogen) atoms. The van der Waals surface area contributed by atoms with E-state index in [1.807, 2.05) is 17.0 Å². The summed E-state index contributed by atoms with van der Waals surface area (Å²) in [6.07, 6.45) is 3.04. The van der Waals surface area contributed by atoms with Gasteiger partial charge in [-0.05, 0) is 42.9 Å². The van der Waals surface area contributed by atoms with Gasteiger partial charge in [-0.3, -0.25) is 19.2 Å². The highest BCUT2D eigenvalue weighted by Crippen LogP contribution is 2.37. The number of benzene rings is 1. The van der Waals surface area contributed by atoms with E-state index >= 15 is 0 Å². The van der Waals surface area contributed by atoms with Crippen molar-refractivity contribution >= 4 is 21.6 Å². The summed E-state index contributed by atoms with van der Waals surface area (Å²) in [4.78, 5) is 29.4. The van der Waals surface area contributed by atoms with Gasteiger partial charge in [0.25, 0.3) is 5.56 Å². The topological polar surface area (TPSA) is 91.7 Å². The molecule has 2 fully saturated rings. The van der Waals surface area contributed by atoms with Crippen LogP contribution in [0.1, 0.15) is 43.4 Å². The number of fused-ring (bicyclic) bond motifs is 4. The van der Waals surface area contributed by atoms with Gasteiger partial charge in [-0.2, -0.15) is 0 Å². The molecule has 2 saturated heterocycles. The van der Waals surface area contributed by atoms with Crippen molar-refractivity contribution in [2.45, 2.75) is 50.4 Å². The largest absolute Gasteiger partial charge is 0.343 e. The van der Waals surface area contributed by atoms with E-state index in [9.17, 15) is 18.0 Å². The van der Waals surface area contributed by atoms with Gasteiger partial charge in [-0.1, -0.05) is 30.3 Å². The van der Waals surface area contributed by atoms with Crippen LogP contribution in [0.4, 0.5) is 5.69 Å². The van der Waals surface area contributed by atoms with Crippen molar-refractivity contribution in [3.05, 3.63) is 64.1 Å². The molecule has 1 aromatic carbocycles. The van der Waals surface area contributed by atoms with E-state index in [0.29, 0.717) is 24.1 Å². The van der Waals surface area contributed by atoms with Crippen LogP contribution < -0.4 is 10.3 Å². The van der Waals surface area contributed by atoms with E-state index in [4.69, 9.17) is 0 Å². The molecular formula is C25H32N4O4S. The van der Waals surface area contributed by atoms with Gasteiger partial charge in [0.2, 0.25) is 15.9 Å². The van der Waals surface area contributed by atoms with Crippen LogP contribution in [0, 0.1) is 5.92 Å². The van der Waals surface area contributed by atoms with Crippen molar-refractivity contribution in [3.8, 4) is 0 Å². The second-order valence-corrected chi connectivity index (χ2v) is 11.6. The SMILES string of the molecule is CC(=O)N1CCC(N2CC3CC(C2)c2ccc(NS(=O)(=O)Cc4ccccc4)c(=O)n2C3)CC1.